The minimum absolute atomic E-state index is 0.0961. The van der Waals surface area contributed by atoms with Gasteiger partial charge in [0.2, 0.25) is 13.6 Å². The van der Waals surface area contributed by atoms with Gasteiger partial charge in [0, 0.05) is 34.1 Å². The molecule has 1 rings (SSSR count). The number of carbonyl (C=O) groups excluding carboxylic acids is 4. The Balaban J connectivity index is 2.95. The lowest BCUT2D eigenvalue weighted by Crippen LogP contribution is -2.50. The van der Waals surface area contributed by atoms with Crippen molar-refractivity contribution in [2.75, 3.05) is 19.7 Å². The highest BCUT2D eigenvalue weighted by Crippen LogP contribution is 2.50. The molecular formula is C17H27O12P. The van der Waals surface area contributed by atoms with Crippen LogP contribution in [0.15, 0.2) is 0 Å². The molecule has 0 saturated carbocycles. The molecule has 1 fully saturated rings. The van der Waals surface area contributed by atoms with Gasteiger partial charge in [0.1, 0.15) is 18.3 Å². The van der Waals surface area contributed by atoms with Gasteiger partial charge in [-0.25, -0.2) is 0 Å². The first kappa shape index (κ1) is 26.0. The normalized spacial score (nSPS) is 23.9. The molecule has 0 aromatic carbocycles. The topological polar surface area (TPSA) is 150 Å². The number of hydrogen-bond acceptors (Lipinski definition) is 12. The maximum Gasteiger partial charge on any atom is 0.339 e. The van der Waals surface area contributed by atoms with Crippen LogP contribution < -0.4 is 0 Å². The van der Waals surface area contributed by atoms with Crippen molar-refractivity contribution < 1.29 is 56.5 Å². The first-order chi connectivity index (χ1) is 13.9. The summed E-state index contributed by atoms with van der Waals surface area (Å²) in [7, 11) is -4.03. The zero-order chi connectivity index (χ0) is 22.9. The van der Waals surface area contributed by atoms with Crippen molar-refractivity contribution in [3.63, 3.8) is 0 Å². The van der Waals surface area contributed by atoms with Gasteiger partial charge < -0.3 is 23.7 Å². The summed E-state index contributed by atoms with van der Waals surface area (Å²) < 4.78 is 48.7. The number of carbonyl (C=O) groups is 4. The van der Waals surface area contributed by atoms with Gasteiger partial charge in [0.05, 0.1) is 12.3 Å². The summed E-state index contributed by atoms with van der Waals surface area (Å²) in [5.41, 5.74) is 0. The summed E-state index contributed by atoms with van der Waals surface area (Å²) >= 11 is 0. The highest BCUT2D eigenvalue weighted by molar-refractivity contribution is 7.53. The molecule has 12 nitrogen and oxygen atoms in total. The van der Waals surface area contributed by atoms with Crippen LogP contribution in [-0.2, 0) is 56.5 Å². The molecule has 13 heteroatoms. The van der Waals surface area contributed by atoms with E-state index in [1.165, 1.54) is 13.8 Å². The van der Waals surface area contributed by atoms with E-state index >= 15 is 0 Å². The molecule has 1 aliphatic rings. The Morgan fingerprint density at radius 2 is 1.30 bits per heavy atom. The van der Waals surface area contributed by atoms with Gasteiger partial charge in [-0.2, -0.15) is 0 Å². The number of esters is 4. The summed E-state index contributed by atoms with van der Waals surface area (Å²) in [4.78, 5) is 44.7. The van der Waals surface area contributed by atoms with Crippen LogP contribution in [0.5, 0.6) is 0 Å². The summed E-state index contributed by atoms with van der Waals surface area (Å²) in [5, 5.41) is 0. The fourth-order valence-electron chi connectivity index (χ4n) is 2.62. The predicted molar refractivity (Wildman–Crippen MR) is 98.0 cm³/mol. The van der Waals surface area contributed by atoms with Gasteiger partial charge in [-0.3, -0.25) is 32.8 Å². The van der Waals surface area contributed by atoms with Crippen LogP contribution in [0.3, 0.4) is 0 Å². The minimum Gasteiger partial charge on any atom is -0.460 e. The molecule has 0 bridgehead atoms. The van der Waals surface area contributed by atoms with E-state index in [1.807, 2.05) is 0 Å². The van der Waals surface area contributed by atoms with Crippen LogP contribution in [0.2, 0.25) is 0 Å². The molecule has 0 spiro atoms. The van der Waals surface area contributed by atoms with Crippen molar-refractivity contribution >= 4 is 31.5 Å². The Morgan fingerprint density at radius 3 is 1.73 bits per heavy atom. The molecule has 1 saturated heterocycles. The lowest BCUT2D eigenvalue weighted by Gasteiger charge is -2.39. The van der Waals surface area contributed by atoms with E-state index in [0.29, 0.717) is 0 Å². The zero-order valence-corrected chi connectivity index (χ0v) is 18.4. The Kier molecular flexibility index (Phi) is 10.4. The Morgan fingerprint density at radius 1 is 0.833 bits per heavy atom. The molecule has 1 aliphatic heterocycles. The highest BCUT2D eigenvalue weighted by atomic mass is 31.2. The van der Waals surface area contributed by atoms with Crippen LogP contribution in [0.25, 0.3) is 0 Å². The van der Waals surface area contributed by atoms with Crippen LogP contribution in [-0.4, -0.2) is 68.0 Å². The standard InChI is InChI=1S/C17H27O12P/c1-10-15(28-13(4)20)6-16(29-14(5)21)17(27-10)7-30(22,25-8-23-11(2)18)26-9-24-12(3)19/h10,15-17H,6-9H2,1-5H3. The van der Waals surface area contributed by atoms with Crippen molar-refractivity contribution in [1.82, 2.24) is 0 Å². The maximum absolute atomic E-state index is 13.1. The maximum atomic E-state index is 13.1. The smallest absolute Gasteiger partial charge is 0.339 e. The Bertz CT molecular complexity index is 654. The average molecular weight is 454 g/mol. The zero-order valence-electron chi connectivity index (χ0n) is 17.5. The monoisotopic (exact) mass is 454 g/mol. The summed E-state index contributed by atoms with van der Waals surface area (Å²) in [6.45, 7) is 4.96. The molecule has 0 radical (unpaired) electrons. The van der Waals surface area contributed by atoms with E-state index < -0.39 is 75.6 Å². The van der Waals surface area contributed by atoms with E-state index in [1.54, 1.807) is 6.92 Å². The first-order valence-electron chi connectivity index (χ1n) is 9.06. The molecular weight excluding hydrogens is 427 g/mol. The van der Waals surface area contributed by atoms with Crippen molar-refractivity contribution in [2.24, 2.45) is 0 Å². The number of rotatable bonds is 10. The van der Waals surface area contributed by atoms with Gasteiger partial charge in [-0.15, -0.1) is 0 Å². The van der Waals surface area contributed by atoms with E-state index in [9.17, 15) is 23.7 Å². The van der Waals surface area contributed by atoms with E-state index in [-0.39, 0.29) is 6.42 Å². The molecule has 172 valence electrons. The lowest BCUT2D eigenvalue weighted by molar-refractivity contribution is -0.196. The fraction of sp³-hybridized carbons (Fsp3) is 0.765. The van der Waals surface area contributed by atoms with Crippen molar-refractivity contribution in [3.05, 3.63) is 0 Å². The van der Waals surface area contributed by atoms with Crippen LogP contribution >= 0.6 is 7.60 Å². The van der Waals surface area contributed by atoms with Crippen LogP contribution in [0.4, 0.5) is 0 Å². The molecule has 30 heavy (non-hydrogen) atoms. The van der Waals surface area contributed by atoms with Crippen LogP contribution in [0, 0.1) is 0 Å². The average Bonchev–Trinajstić information content (AvgIpc) is 2.57. The molecule has 0 N–H and O–H groups in total. The second-order valence-corrected chi connectivity index (χ2v) is 8.57. The molecule has 4 atom stereocenters. The minimum atomic E-state index is -4.03. The third-order valence-corrected chi connectivity index (χ3v) is 5.66. The van der Waals surface area contributed by atoms with E-state index in [4.69, 9.17) is 23.3 Å². The second-order valence-electron chi connectivity index (χ2n) is 6.47. The van der Waals surface area contributed by atoms with Crippen molar-refractivity contribution in [2.45, 2.75) is 65.5 Å². The number of hydrogen-bond donors (Lipinski definition) is 0. The van der Waals surface area contributed by atoms with Crippen molar-refractivity contribution in [3.8, 4) is 0 Å². The Labute approximate surface area is 173 Å². The highest BCUT2D eigenvalue weighted by Gasteiger charge is 2.44. The van der Waals surface area contributed by atoms with Crippen LogP contribution in [0.1, 0.15) is 41.0 Å². The molecule has 1 heterocycles. The lowest BCUT2D eigenvalue weighted by atomic mass is 9.99. The molecule has 0 amide bonds. The molecule has 4 unspecified atom stereocenters. The fourth-order valence-corrected chi connectivity index (χ4v) is 4.09. The third kappa shape index (κ3) is 9.66. The van der Waals surface area contributed by atoms with Gasteiger partial charge in [0.15, 0.2) is 0 Å². The molecule has 0 aliphatic carbocycles. The largest absolute Gasteiger partial charge is 0.460 e. The van der Waals surface area contributed by atoms with E-state index in [0.717, 1.165) is 13.8 Å². The summed E-state index contributed by atoms with van der Waals surface area (Å²) in [6, 6.07) is 0. The quantitative estimate of drug-likeness (QED) is 0.202. The molecule has 0 aromatic heterocycles. The SMILES string of the molecule is CC(=O)OCOP(=O)(CC1OC(C)C(OC(C)=O)CC1OC(C)=O)OCOC(C)=O. The predicted octanol–water partition coefficient (Wildman–Crippen LogP) is 1.29. The summed E-state index contributed by atoms with van der Waals surface area (Å²) in [6.07, 6.45) is -3.50. The van der Waals surface area contributed by atoms with Gasteiger partial charge >= 0.3 is 31.5 Å². The van der Waals surface area contributed by atoms with Crippen molar-refractivity contribution in [1.29, 1.82) is 0 Å². The Hall–Kier alpha value is -2.01. The summed E-state index contributed by atoms with van der Waals surface area (Å²) in [5.74, 6) is -2.51. The molecule has 0 aromatic rings. The van der Waals surface area contributed by atoms with Gasteiger partial charge in [0.25, 0.3) is 0 Å². The first-order valence-corrected chi connectivity index (χ1v) is 10.8. The number of ether oxygens (including phenoxy) is 5. The second kappa shape index (κ2) is 12.0. The van der Waals surface area contributed by atoms with E-state index in [2.05, 4.69) is 9.47 Å². The van der Waals surface area contributed by atoms with Gasteiger partial charge in [-0.1, -0.05) is 0 Å². The third-order valence-electron chi connectivity index (χ3n) is 3.85. The van der Waals surface area contributed by atoms with Gasteiger partial charge in [-0.05, 0) is 6.92 Å².